The zero-order valence-corrected chi connectivity index (χ0v) is 19.2. The van der Waals surface area contributed by atoms with Crippen LogP contribution in [0.15, 0.2) is 30.3 Å². The molecule has 1 unspecified atom stereocenters. The van der Waals surface area contributed by atoms with Crippen molar-refractivity contribution in [1.29, 1.82) is 0 Å². The number of rotatable bonds is 5. The van der Waals surface area contributed by atoms with E-state index in [1.54, 1.807) is 4.63 Å². The van der Waals surface area contributed by atoms with Crippen LogP contribution in [0.4, 0.5) is 0 Å². The first-order valence-electron chi connectivity index (χ1n) is 8.37. The third-order valence-corrected chi connectivity index (χ3v) is 35.4. The van der Waals surface area contributed by atoms with Gasteiger partial charge in [0.25, 0.3) is 0 Å². The summed E-state index contributed by atoms with van der Waals surface area (Å²) < 4.78 is 15.5. The summed E-state index contributed by atoms with van der Waals surface area (Å²) in [7, 11) is 16.8. The molecule has 3 nitrogen and oxygen atoms in total. The Bertz CT molecular complexity index is 900. The Balaban J connectivity index is 3.02. The van der Waals surface area contributed by atoms with Gasteiger partial charge in [0.2, 0.25) is 0 Å². The average Bonchev–Trinajstić information content (AvgIpc) is 2.82. The molecule has 0 spiro atoms. The van der Waals surface area contributed by atoms with Crippen LogP contribution in [0.2, 0.25) is 8.76 Å². The van der Waals surface area contributed by atoms with Gasteiger partial charge in [0.15, 0.2) is 0 Å². The second kappa shape index (κ2) is 4.03. The number of halogens is 2. The van der Waals surface area contributed by atoms with Gasteiger partial charge in [0.1, 0.15) is 0 Å². The summed E-state index contributed by atoms with van der Waals surface area (Å²) in [6.07, 6.45) is 3.95. The maximum atomic E-state index is 9.99. The van der Waals surface area contributed by atoms with Crippen LogP contribution in [0.1, 0.15) is 35.5 Å². The molecule has 0 aromatic heterocycles. The Hall–Kier alpha value is 0.173. The van der Waals surface area contributed by atoms with Crippen molar-refractivity contribution in [3.63, 3.8) is 0 Å². The normalized spacial score (nSPS) is 24.4. The molecule has 1 aromatic rings. The fraction of sp³-hybridized carbons (Fsp3) is 0.500. The minimum atomic E-state index is -6.93. The van der Waals surface area contributed by atoms with Crippen molar-refractivity contribution in [1.82, 2.24) is 3.26 Å². The first-order chi connectivity index (χ1) is 10.4. The molecule has 0 heterocycles. The number of hydrogen-bond donors (Lipinski definition) is 2. The molecule has 1 aliphatic carbocycles. The van der Waals surface area contributed by atoms with Gasteiger partial charge in [0.05, 0.1) is 0 Å². The molecule has 1 atom stereocenters. The van der Waals surface area contributed by atoms with Crippen molar-refractivity contribution in [2.45, 2.75) is 38.7 Å². The molecule has 0 bridgehead atoms. The molecular formula is C18H30Cl2NO2Zr. The number of hydrogen-bond acceptors (Lipinski definition) is 3. The molecule has 1 aromatic carbocycles. The van der Waals surface area contributed by atoms with E-state index in [9.17, 15) is 5.11 Å². The molecule has 0 aliphatic heterocycles. The van der Waals surface area contributed by atoms with E-state index in [0.717, 1.165) is 11.1 Å². The molecule has 24 heavy (non-hydrogen) atoms. The maximum absolute atomic E-state index is 9.99. The molecule has 2 rings (SSSR count). The van der Waals surface area contributed by atoms with Gasteiger partial charge >= 0.3 is 145 Å². The van der Waals surface area contributed by atoms with Crippen molar-refractivity contribution in [3.8, 4) is 0 Å². The Labute approximate surface area is 143 Å². The quantitative estimate of drug-likeness (QED) is 0.649. The first kappa shape index (κ1) is 20.5. The molecule has 0 saturated carbocycles. The van der Waals surface area contributed by atoms with Crippen LogP contribution in [-0.4, -0.2) is 28.6 Å². The molecule has 0 fully saturated rings. The molecule has 137 valence electrons. The fourth-order valence-electron chi connectivity index (χ4n) is 4.85. The molecule has 2 N–H and O–H groups in total. The van der Waals surface area contributed by atoms with Crippen molar-refractivity contribution in [3.05, 3.63) is 41.5 Å². The van der Waals surface area contributed by atoms with Gasteiger partial charge in [-0.3, -0.25) is 0 Å². The van der Waals surface area contributed by atoms with Gasteiger partial charge in [-0.05, 0) is 0 Å². The second-order valence-electron chi connectivity index (χ2n) is 10.2. The minimum absolute atomic E-state index is 0.00453. The summed E-state index contributed by atoms with van der Waals surface area (Å²) in [6.45, 7) is 5.66. The van der Waals surface area contributed by atoms with Crippen LogP contribution in [0.3, 0.4) is 0 Å². The number of nitrogens with one attached hydrogen (secondary N) is 1. The van der Waals surface area contributed by atoms with E-state index in [1.165, 1.54) is 7.11 Å². The summed E-state index contributed by atoms with van der Waals surface area (Å²) in [5, 5.41) is 9.99. The summed E-state index contributed by atoms with van der Waals surface area (Å²) in [4.78, 5) is 0. The van der Waals surface area contributed by atoms with E-state index in [0.29, 0.717) is 0 Å². The van der Waals surface area contributed by atoms with Gasteiger partial charge in [-0.15, -0.1) is 0 Å². The molecule has 0 amide bonds. The van der Waals surface area contributed by atoms with Crippen LogP contribution in [-0.2, 0) is 15.0 Å². The van der Waals surface area contributed by atoms with Crippen LogP contribution in [0, 0.1) is 0 Å². The zero-order valence-electron chi connectivity index (χ0n) is 15.3. The average molecular weight is 455 g/mol. The van der Waals surface area contributed by atoms with Gasteiger partial charge in [0, 0.05) is 0 Å². The van der Waals surface area contributed by atoms with Crippen molar-refractivity contribution >= 4 is 27.3 Å². The third kappa shape index (κ3) is 2.84. The number of benzene rings is 1. The summed E-state index contributed by atoms with van der Waals surface area (Å²) in [5.74, 6) is 0. The molecule has 0 saturated heterocycles. The van der Waals surface area contributed by atoms with Gasteiger partial charge in [-0.25, -0.2) is 0 Å². The second-order valence-corrected chi connectivity index (χ2v) is 58.3. The fourth-order valence-corrected chi connectivity index (χ4v) is 30.0. The van der Waals surface area contributed by atoms with Gasteiger partial charge in [-0.1, -0.05) is 0 Å². The summed E-state index contributed by atoms with van der Waals surface area (Å²) >= 11 is -6.93. The van der Waals surface area contributed by atoms with E-state index in [2.05, 4.69) is 7.47 Å². The van der Waals surface area contributed by atoms with Crippen molar-refractivity contribution in [2.75, 3.05) is 13.7 Å². The predicted molar refractivity (Wildman–Crippen MR) is 105 cm³/mol. The molecule has 0 radical (unpaired) electrons. The van der Waals surface area contributed by atoms with Crippen LogP contribution in [0.25, 0.3) is 6.08 Å². The number of allylic oxidation sites excluding steroid dienone is 1. The van der Waals surface area contributed by atoms with Gasteiger partial charge in [-0.2, -0.15) is 0 Å². The molecule has 6 heteroatoms. The Kier molecular flexibility index (Phi) is 3.44. The number of fused-ring (bicyclic) bond motifs is 1. The Morgan fingerprint density at radius 3 is 2.38 bits per heavy atom. The van der Waals surface area contributed by atoms with Crippen LogP contribution < -0.4 is 3.26 Å². The standard InChI is InChI=1S/C9H7.C4H10N.C2H5O.CH3O.CH3.CH2.2ClH.Zr/c1-2-5-9-7-3-6-8(9)4-1;1-4(2,3)5;1-2-3;1-2;;;;;/h1-7H;5H,1-3H3;3H,1-2H2;1H3;1H3;1H2;2*1H;/q;-1;;-1;;;;;+4/p-2. The Morgan fingerprint density at radius 2 is 1.88 bits per heavy atom. The van der Waals surface area contributed by atoms with Crippen molar-refractivity contribution in [2.24, 2.45) is 0 Å². The van der Waals surface area contributed by atoms with Crippen LogP contribution >= 0.6 is 17.0 Å². The van der Waals surface area contributed by atoms with Gasteiger partial charge < -0.3 is 0 Å². The summed E-state index contributed by atoms with van der Waals surface area (Å²) in [6, 6.07) is 7.92. The monoisotopic (exact) mass is 452 g/mol. The number of aliphatic hydroxyl groups excluding tert-OH is 1. The Morgan fingerprint density at radius 1 is 1.29 bits per heavy atom. The molecule has 1 aliphatic rings. The zero-order chi connectivity index (χ0) is 18.7. The van der Waals surface area contributed by atoms with E-state index < -0.39 is 21.4 Å². The van der Waals surface area contributed by atoms with Crippen LogP contribution in [0.5, 0.6) is 0 Å². The van der Waals surface area contributed by atoms with E-state index in [4.69, 9.17) is 19.8 Å². The first-order valence-corrected chi connectivity index (χ1v) is 24.3. The van der Waals surface area contributed by atoms with E-state index >= 15 is 0 Å². The van der Waals surface area contributed by atoms with E-state index in [-0.39, 0.29) is 10.7 Å². The SMILES string of the molecule is [CH2]=[Zr]([CH3])([Cl])([Cl])([CH2]CO)([NH]C(C)(C)C)([O]C)[CH]1C=Cc2ccccc21. The third-order valence-electron chi connectivity index (χ3n) is 5.93. The number of aliphatic hydroxyl groups is 1. The molecular weight excluding hydrogens is 424 g/mol. The predicted octanol–water partition coefficient (Wildman–Crippen LogP) is 5.11. The van der Waals surface area contributed by atoms with E-state index in [1.807, 2.05) is 57.2 Å². The topological polar surface area (TPSA) is 41.5 Å². The van der Waals surface area contributed by atoms with Crippen molar-refractivity contribution < 1.29 is 20.1 Å². The summed E-state index contributed by atoms with van der Waals surface area (Å²) in [5.41, 5.74) is 1.49.